The first kappa shape index (κ1) is 24.5. The summed E-state index contributed by atoms with van der Waals surface area (Å²) in [6.07, 6.45) is 0. The van der Waals surface area contributed by atoms with Crippen molar-refractivity contribution >= 4 is 29.6 Å². The van der Waals surface area contributed by atoms with Gasteiger partial charge in [0.25, 0.3) is 11.8 Å². The van der Waals surface area contributed by atoms with Crippen molar-refractivity contribution in [2.24, 2.45) is 11.8 Å². The van der Waals surface area contributed by atoms with Crippen LogP contribution in [0, 0.1) is 11.8 Å². The highest BCUT2D eigenvalue weighted by molar-refractivity contribution is 6.10. The van der Waals surface area contributed by atoms with Gasteiger partial charge in [0.2, 0.25) is 11.8 Å². The number of imide groups is 1. The van der Waals surface area contributed by atoms with Crippen LogP contribution in [0.5, 0.6) is 0 Å². The summed E-state index contributed by atoms with van der Waals surface area (Å²) < 4.78 is 5.11. The van der Waals surface area contributed by atoms with E-state index < -0.39 is 54.1 Å². The van der Waals surface area contributed by atoms with Crippen LogP contribution in [0.15, 0.2) is 78.9 Å². The summed E-state index contributed by atoms with van der Waals surface area (Å²) in [7, 11) is 0. The van der Waals surface area contributed by atoms with Crippen LogP contribution in [-0.2, 0) is 23.9 Å². The minimum absolute atomic E-state index is 0.281. The minimum Gasteiger partial charge on any atom is -0.454 e. The van der Waals surface area contributed by atoms with Crippen molar-refractivity contribution in [2.75, 3.05) is 6.61 Å². The van der Waals surface area contributed by atoms with Gasteiger partial charge in [-0.2, -0.15) is 0 Å². The fraction of sp³-hybridized carbons (Fsp3) is 0.233. The highest BCUT2D eigenvalue weighted by Gasteiger charge is 2.62. The van der Waals surface area contributed by atoms with E-state index >= 15 is 0 Å². The van der Waals surface area contributed by atoms with Gasteiger partial charge in [0.15, 0.2) is 6.61 Å². The predicted molar refractivity (Wildman–Crippen MR) is 138 cm³/mol. The fourth-order valence-corrected chi connectivity index (χ4v) is 6.27. The van der Waals surface area contributed by atoms with E-state index in [4.69, 9.17) is 4.74 Å². The molecule has 4 aliphatic rings. The lowest BCUT2D eigenvalue weighted by molar-refractivity contribution is -0.159. The molecule has 0 unspecified atom stereocenters. The maximum absolute atomic E-state index is 13.7. The van der Waals surface area contributed by atoms with Crippen LogP contribution in [0.3, 0.4) is 0 Å². The van der Waals surface area contributed by atoms with E-state index in [0.29, 0.717) is 5.56 Å². The Morgan fingerprint density at radius 3 is 1.69 bits per heavy atom. The fourth-order valence-electron chi connectivity index (χ4n) is 6.27. The smallest absolute Gasteiger partial charge is 0.329 e. The number of amides is 4. The van der Waals surface area contributed by atoms with Gasteiger partial charge in [-0.25, -0.2) is 4.79 Å². The maximum Gasteiger partial charge on any atom is 0.329 e. The van der Waals surface area contributed by atoms with Gasteiger partial charge in [-0.1, -0.05) is 66.7 Å². The summed E-state index contributed by atoms with van der Waals surface area (Å²) in [6.45, 7) is 0.732. The van der Waals surface area contributed by atoms with Crippen LogP contribution >= 0.6 is 0 Å². The average Bonchev–Trinajstić information content (AvgIpc) is 3.24. The summed E-state index contributed by atoms with van der Waals surface area (Å²) in [5, 5.41) is 0. The van der Waals surface area contributed by atoms with Crippen LogP contribution < -0.4 is 10.9 Å². The lowest BCUT2D eigenvalue weighted by Crippen LogP contribution is -2.47. The highest BCUT2D eigenvalue weighted by Crippen LogP contribution is 2.61. The minimum atomic E-state index is -1.21. The second-order valence-electron chi connectivity index (χ2n) is 9.96. The number of esters is 1. The number of hydrogen-bond acceptors (Lipinski definition) is 6. The van der Waals surface area contributed by atoms with Crippen molar-refractivity contribution < 1.29 is 28.7 Å². The number of ether oxygens (including phenoxy) is 1. The van der Waals surface area contributed by atoms with E-state index in [2.05, 4.69) is 10.9 Å². The number of hydrogen-bond donors (Lipinski definition) is 2. The van der Waals surface area contributed by atoms with Crippen molar-refractivity contribution in [3.63, 3.8) is 0 Å². The summed E-state index contributed by atoms with van der Waals surface area (Å²) in [5.74, 6) is -4.79. The van der Waals surface area contributed by atoms with Gasteiger partial charge in [-0.3, -0.25) is 34.9 Å². The third-order valence-corrected chi connectivity index (χ3v) is 7.91. The molecule has 1 saturated heterocycles. The number of carbonyl (C=O) groups excluding carboxylic acids is 5. The molecular weight excluding hydrogens is 498 g/mol. The molecule has 0 saturated carbocycles. The van der Waals surface area contributed by atoms with Gasteiger partial charge < -0.3 is 4.74 Å². The Balaban J connectivity index is 1.15. The third-order valence-electron chi connectivity index (χ3n) is 7.91. The topological polar surface area (TPSA) is 122 Å². The van der Waals surface area contributed by atoms with Crippen molar-refractivity contribution in [1.29, 1.82) is 0 Å². The van der Waals surface area contributed by atoms with E-state index in [0.717, 1.165) is 27.2 Å². The highest BCUT2D eigenvalue weighted by atomic mass is 16.5. The molecule has 7 rings (SSSR count). The van der Waals surface area contributed by atoms with Gasteiger partial charge in [-0.15, -0.1) is 0 Å². The SMILES string of the molecule is C[C@H](C(=O)OCC(=O)NNC(=O)c1ccccc1)N1C(=O)[C@H]2C3c4ccccc4C(c4ccccc43)[C@@H]2C1=O. The van der Waals surface area contributed by atoms with E-state index in [1.165, 1.54) is 6.92 Å². The molecule has 9 heteroatoms. The Morgan fingerprint density at radius 2 is 1.21 bits per heavy atom. The Bertz CT molecular complexity index is 1400. The molecule has 0 aromatic heterocycles. The molecule has 3 aliphatic carbocycles. The van der Waals surface area contributed by atoms with Gasteiger partial charge in [0.1, 0.15) is 6.04 Å². The molecule has 1 fully saturated rings. The number of carbonyl (C=O) groups is 5. The number of nitrogens with one attached hydrogen (secondary N) is 2. The zero-order chi connectivity index (χ0) is 27.3. The lowest BCUT2D eigenvalue weighted by atomic mass is 9.55. The van der Waals surface area contributed by atoms with Crippen LogP contribution in [-0.4, -0.2) is 47.1 Å². The van der Waals surface area contributed by atoms with Crippen molar-refractivity contribution in [3.05, 3.63) is 107 Å². The molecule has 0 radical (unpaired) electrons. The lowest BCUT2D eigenvalue weighted by Gasteiger charge is -2.45. The second-order valence-corrected chi connectivity index (χ2v) is 9.96. The summed E-state index contributed by atoms with van der Waals surface area (Å²) in [4.78, 5) is 65.6. The Morgan fingerprint density at radius 1 is 0.744 bits per heavy atom. The average molecular weight is 524 g/mol. The van der Waals surface area contributed by atoms with E-state index in [9.17, 15) is 24.0 Å². The van der Waals surface area contributed by atoms with E-state index in [-0.39, 0.29) is 11.8 Å². The molecule has 2 N–H and O–H groups in total. The summed E-state index contributed by atoms with van der Waals surface area (Å²) >= 11 is 0. The standard InChI is InChI=1S/C30H25N3O6/c1-16(30(38)39-15-22(34)31-32-27(35)17-9-3-2-4-10-17)33-28(36)25-23-18-11-5-6-12-19(18)24(26(25)29(33)37)21-14-8-7-13-20(21)23/h2-14,16,23-26H,15H2,1H3,(H,31,34)(H,32,35)/t16-,23?,24?,25+,26+/m1/s1. The summed E-state index contributed by atoms with van der Waals surface area (Å²) in [6, 6.07) is 22.8. The number of benzene rings is 3. The second kappa shape index (κ2) is 9.50. The molecule has 196 valence electrons. The Labute approximate surface area is 224 Å². The first-order valence-electron chi connectivity index (χ1n) is 12.7. The van der Waals surface area contributed by atoms with Crippen LogP contribution in [0.25, 0.3) is 0 Å². The van der Waals surface area contributed by atoms with Crippen LogP contribution in [0.2, 0.25) is 0 Å². The first-order valence-corrected chi connectivity index (χ1v) is 12.7. The number of rotatable bonds is 5. The molecule has 0 spiro atoms. The van der Waals surface area contributed by atoms with E-state index in [1.54, 1.807) is 30.3 Å². The molecule has 9 nitrogen and oxygen atoms in total. The van der Waals surface area contributed by atoms with Crippen LogP contribution in [0.1, 0.15) is 51.4 Å². The molecule has 1 aliphatic heterocycles. The van der Waals surface area contributed by atoms with Crippen molar-refractivity contribution in [1.82, 2.24) is 15.8 Å². The number of likely N-dealkylation sites (tertiary alicyclic amines) is 1. The quantitative estimate of drug-likeness (QED) is 0.301. The van der Waals surface area contributed by atoms with Crippen molar-refractivity contribution in [3.8, 4) is 0 Å². The van der Waals surface area contributed by atoms with Gasteiger partial charge in [0.05, 0.1) is 11.8 Å². The number of nitrogens with zero attached hydrogens (tertiary/aromatic N) is 1. The van der Waals surface area contributed by atoms with Gasteiger partial charge in [-0.05, 0) is 41.3 Å². The van der Waals surface area contributed by atoms with Gasteiger partial charge in [0, 0.05) is 17.4 Å². The Hall–Kier alpha value is -4.79. The zero-order valence-electron chi connectivity index (χ0n) is 21.0. The molecule has 3 aromatic carbocycles. The molecule has 3 atom stereocenters. The zero-order valence-corrected chi connectivity index (χ0v) is 21.0. The Kier molecular flexibility index (Phi) is 5.98. The van der Waals surface area contributed by atoms with Crippen molar-refractivity contribution in [2.45, 2.75) is 24.8 Å². The molecular formula is C30H25N3O6. The summed E-state index contributed by atoms with van der Waals surface area (Å²) in [5.41, 5.74) is 8.91. The molecule has 2 bridgehead atoms. The van der Waals surface area contributed by atoms with Crippen LogP contribution in [0.4, 0.5) is 0 Å². The largest absolute Gasteiger partial charge is 0.454 e. The molecule has 4 amide bonds. The molecule has 1 heterocycles. The third kappa shape index (κ3) is 3.89. The molecule has 39 heavy (non-hydrogen) atoms. The maximum atomic E-state index is 13.7. The van der Waals surface area contributed by atoms with E-state index in [1.807, 2.05) is 48.5 Å². The predicted octanol–water partition coefficient (Wildman–Crippen LogP) is 2.27. The van der Waals surface area contributed by atoms with Gasteiger partial charge >= 0.3 is 5.97 Å². The first-order chi connectivity index (χ1) is 18.9. The number of hydrazine groups is 1. The monoisotopic (exact) mass is 523 g/mol. The molecule has 3 aromatic rings. The normalized spacial score (nSPS) is 22.8.